The van der Waals surface area contributed by atoms with Crippen LogP contribution >= 0.6 is 0 Å². The molecule has 0 bridgehead atoms. The summed E-state index contributed by atoms with van der Waals surface area (Å²) in [5.41, 5.74) is 4.38. The van der Waals surface area contributed by atoms with Crippen molar-refractivity contribution in [3.8, 4) is 11.5 Å². The predicted octanol–water partition coefficient (Wildman–Crippen LogP) is 4.99. The monoisotopic (exact) mass is 415 g/mol. The van der Waals surface area contributed by atoms with Crippen LogP contribution in [0.15, 0.2) is 60.8 Å². The maximum atomic E-state index is 11.8. The van der Waals surface area contributed by atoms with Gasteiger partial charge in [-0.2, -0.15) is 0 Å². The normalized spacial score (nSPS) is 11.0. The van der Waals surface area contributed by atoms with Crippen molar-refractivity contribution in [1.82, 2.24) is 19.9 Å². The lowest BCUT2D eigenvalue weighted by atomic mass is 10.0. The Hall–Kier alpha value is -3.87. The van der Waals surface area contributed by atoms with E-state index in [0.717, 1.165) is 22.7 Å². The van der Waals surface area contributed by atoms with Crippen LogP contribution in [0.3, 0.4) is 0 Å². The summed E-state index contributed by atoms with van der Waals surface area (Å²) in [5, 5.41) is 6.02. The molecule has 0 radical (unpaired) electrons. The molecule has 7 heteroatoms. The number of fused-ring (bicyclic) bond motifs is 1. The van der Waals surface area contributed by atoms with Gasteiger partial charge >= 0.3 is 0 Å². The molecule has 4 rings (SSSR count). The SMILES string of the molecule is CNC(=O)c1cc(Oc2ccc3c(c2)nc(Nc2ccccc2C(C)C)n3C)ccn1. The second-order valence-corrected chi connectivity index (χ2v) is 7.57. The molecule has 1 amide bonds. The van der Waals surface area contributed by atoms with Crippen LogP contribution < -0.4 is 15.4 Å². The predicted molar refractivity (Wildman–Crippen MR) is 122 cm³/mol. The average Bonchev–Trinajstić information content (AvgIpc) is 3.08. The minimum absolute atomic E-state index is 0.261. The number of aryl methyl sites for hydroxylation is 1. The molecule has 0 unspecified atom stereocenters. The number of aromatic nitrogens is 3. The zero-order chi connectivity index (χ0) is 22.0. The first kappa shape index (κ1) is 20.4. The Bertz CT molecular complexity index is 1250. The van der Waals surface area contributed by atoms with Crippen molar-refractivity contribution in [2.24, 2.45) is 7.05 Å². The molecular weight excluding hydrogens is 390 g/mol. The number of ether oxygens (including phenoxy) is 1. The molecule has 2 aromatic carbocycles. The van der Waals surface area contributed by atoms with Gasteiger partial charge in [-0.05, 0) is 35.7 Å². The van der Waals surface area contributed by atoms with E-state index in [4.69, 9.17) is 9.72 Å². The first-order valence-corrected chi connectivity index (χ1v) is 10.1. The van der Waals surface area contributed by atoms with Gasteiger partial charge in [0.1, 0.15) is 17.2 Å². The summed E-state index contributed by atoms with van der Waals surface area (Å²) in [6, 6.07) is 17.3. The Morgan fingerprint density at radius 2 is 1.84 bits per heavy atom. The van der Waals surface area contributed by atoms with Crippen molar-refractivity contribution in [3.63, 3.8) is 0 Å². The molecule has 158 valence electrons. The lowest BCUT2D eigenvalue weighted by Gasteiger charge is -2.14. The van der Waals surface area contributed by atoms with E-state index in [1.54, 1.807) is 25.4 Å². The minimum Gasteiger partial charge on any atom is -0.457 e. The van der Waals surface area contributed by atoms with Crippen LogP contribution in [0, 0.1) is 0 Å². The third kappa shape index (κ3) is 4.21. The number of benzene rings is 2. The van der Waals surface area contributed by atoms with E-state index in [9.17, 15) is 4.79 Å². The van der Waals surface area contributed by atoms with Gasteiger partial charge in [-0.15, -0.1) is 0 Å². The molecule has 0 fully saturated rings. The Kier molecular flexibility index (Phi) is 5.58. The standard InChI is InChI=1S/C24H25N5O2/c1-15(2)18-7-5-6-8-19(18)27-24-28-20-13-16(9-10-22(20)29(24)4)31-17-11-12-26-21(14-17)23(30)25-3/h5-15H,1-4H3,(H,25,30)(H,27,28). The number of anilines is 2. The number of imidazole rings is 1. The Labute approximate surface area is 181 Å². The van der Waals surface area contributed by atoms with E-state index in [1.807, 2.05) is 41.9 Å². The summed E-state index contributed by atoms with van der Waals surface area (Å²) in [6.07, 6.45) is 1.55. The number of rotatable bonds is 6. The van der Waals surface area contributed by atoms with Gasteiger partial charge < -0.3 is 19.9 Å². The van der Waals surface area contributed by atoms with Crippen LogP contribution in [0.1, 0.15) is 35.8 Å². The molecule has 0 saturated heterocycles. The molecule has 2 aromatic heterocycles. The molecule has 4 aromatic rings. The van der Waals surface area contributed by atoms with E-state index in [1.165, 1.54) is 5.56 Å². The van der Waals surface area contributed by atoms with Crippen molar-refractivity contribution >= 4 is 28.6 Å². The molecule has 0 saturated carbocycles. The molecule has 0 atom stereocenters. The summed E-state index contributed by atoms with van der Waals surface area (Å²) >= 11 is 0. The van der Waals surface area contributed by atoms with E-state index in [2.05, 4.69) is 41.6 Å². The van der Waals surface area contributed by atoms with Gasteiger partial charge in [-0.3, -0.25) is 9.78 Å². The summed E-state index contributed by atoms with van der Waals surface area (Å²) in [7, 11) is 3.55. The Morgan fingerprint density at radius 1 is 1.06 bits per heavy atom. The van der Waals surface area contributed by atoms with Crippen LogP contribution in [0.4, 0.5) is 11.6 Å². The highest BCUT2D eigenvalue weighted by molar-refractivity contribution is 5.92. The third-order valence-electron chi connectivity index (χ3n) is 5.11. The number of pyridine rings is 1. The van der Waals surface area contributed by atoms with Crippen molar-refractivity contribution in [2.45, 2.75) is 19.8 Å². The first-order chi connectivity index (χ1) is 15.0. The summed E-state index contributed by atoms with van der Waals surface area (Å²) in [4.78, 5) is 20.6. The van der Waals surface area contributed by atoms with Crippen LogP contribution in [-0.2, 0) is 7.05 Å². The van der Waals surface area contributed by atoms with Gasteiger partial charge in [-0.1, -0.05) is 32.0 Å². The van der Waals surface area contributed by atoms with Gasteiger partial charge in [0.15, 0.2) is 0 Å². The number of carbonyl (C=O) groups is 1. The summed E-state index contributed by atoms with van der Waals surface area (Å²) in [6.45, 7) is 4.35. The second kappa shape index (κ2) is 8.47. The van der Waals surface area contributed by atoms with Gasteiger partial charge in [0.05, 0.1) is 11.0 Å². The van der Waals surface area contributed by atoms with Crippen molar-refractivity contribution < 1.29 is 9.53 Å². The van der Waals surface area contributed by atoms with E-state index in [0.29, 0.717) is 23.1 Å². The lowest BCUT2D eigenvalue weighted by Crippen LogP contribution is -2.18. The number of hydrogen-bond acceptors (Lipinski definition) is 5. The highest BCUT2D eigenvalue weighted by atomic mass is 16.5. The number of nitrogens with zero attached hydrogens (tertiary/aromatic N) is 3. The topological polar surface area (TPSA) is 81.1 Å². The molecule has 0 aliphatic carbocycles. The quantitative estimate of drug-likeness (QED) is 0.464. The van der Waals surface area contributed by atoms with Crippen molar-refractivity contribution in [3.05, 3.63) is 72.1 Å². The zero-order valence-corrected chi connectivity index (χ0v) is 18.0. The smallest absolute Gasteiger partial charge is 0.269 e. The fraction of sp³-hybridized carbons (Fsp3) is 0.208. The maximum absolute atomic E-state index is 11.8. The van der Waals surface area contributed by atoms with Crippen LogP contribution in [-0.4, -0.2) is 27.5 Å². The third-order valence-corrected chi connectivity index (χ3v) is 5.11. The highest BCUT2D eigenvalue weighted by Crippen LogP contribution is 2.30. The molecule has 0 spiro atoms. The number of hydrogen-bond donors (Lipinski definition) is 2. The Balaban J connectivity index is 1.62. The van der Waals surface area contributed by atoms with Gasteiger partial charge in [0, 0.05) is 38.1 Å². The summed E-state index contributed by atoms with van der Waals surface area (Å²) in [5.74, 6) is 2.06. The van der Waals surface area contributed by atoms with Gasteiger partial charge in [0.2, 0.25) is 5.95 Å². The first-order valence-electron chi connectivity index (χ1n) is 10.1. The Morgan fingerprint density at radius 3 is 2.61 bits per heavy atom. The highest BCUT2D eigenvalue weighted by Gasteiger charge is 2.13. The molecule has 0 aliphatic rings. The number of amides is 1. The molecule has 31 heavy (non-hydrogen) atoms. The molecule has 7 nitrogen and oxygen atoms in total. The van der Waals surface area contributed by atoms with Gasteiger partial charge in [-0.25, -0.2) is 4.98 Å². The molecular formula is C24H25N5O2. The number of nitrogens with one attached hydrogen (secondary N) is 2. The van der Waals surface area contributed by atoms with Crippen molar-refractivity contribution in [1.29, 1.82) is 0 Å². The minimum atomic E-state index is -0.261. The maximum Gasteiger partial charge on any atom is 0.269 e. The van der Waals surface area contributed by atoms with Gasteiger partial charge in [0.25, 0.3) is 5.91 Å². The van der Waals surface area contributed by atoms with E-state index < -0.39 is 0 Å². The fourth-order valence-corrected chi connectivity index (χ4v) is 3.45. The van der Waals surface area contributed by atoms with Crippen molar-refractivity contribution in [2.75, 3.05) is 12.4 Å². The number of carbonyl (C=O) groups excluding carboxylic acids is 1. The average molecular weight is 415 g/mol. The van der Waals surface area contributed by atoms with Crippen LogP contribution in [0.25, 0.3) is 11.0 Å². The zero-order valence-electron chi connectivity index (χ0n) is 18.0. The number of para-hydroxylation sites is 1. The largest absolute Gasteiger partial charge is 0.457 e. The second-order valence-electron chi connectivity index (χ2n) is 7.57. The molecule has 2 N–H and O–H groups in total. The molecule has 0 aliphatic heterocycles. The van der Waals surface area contributed by atoms with Crippen LogP contribution in [0.5, 0.6) is 11.5 Å². The van der Waals surface area contributed by atoms with Crippen LogP contribution in [0.2, 0.25) is 0 Å². The lowest BCUT2D eigenvalue weighted by molar-refractivity contribution is 0.0958. The fourth-order valence-electron chi connectivity index (χ4n) is 3.45. The van der Waals surface area contributed by atoms with E-state index in [-0.39, 0.29) is 5.91 Å². The summed E-state index contributed by atoms with van der Waals surface area (Å²) < 4.78 is 7.97. The molecule has 2 heterocycles. The van der Waals surface area contributed by atoms with E-state index >= 15 is 0 Å².